The molecule has 5 rings (SSSR count). The third-order valence-corrected chi connectivity index (χ3v) is 7.72. The highest BCUT2D eigenvalue weighted by molar-refractivity contribution is 7.08. The fraction of sp³-hybridized carbons (Fsp3) is 0.357. The lowest BCUT2D eigenvalue weighted by atomic mass is 9.84. The Morgan fingerprint density at radius 3 is 2.46 bits per heavy atom. The molecule has 2 aliphatic heterocycles. The number of likely N-dealkylation sites (tertiary alicyclic amines) is 1. The van der Waals surface area contributed by atoms with Gasteiger partial charge in [-0.05, 0) is 60.4 Å². The molecule has 1 atom stereocenters. The van der Waals surface area contributed by atoms with E-state index in [0.717, 1.165) is 24.8 Å². The maximum Gasteiger partial charge on any atom is 0.254 e. The van der Waals surface area contributed by atoms with Gasteiger partial charge in [0.25, 0.3) is 11.8 Å². The van der Waals surface area contributed by atoms with Gasteiger partial charge in [0, 0.05) is 37.1 Å². The van der Waals surface area contributed by atoms with Gasteiger partial charge in [0.15, 0.2) is 11.5 Å². The highest BCUT2D eigenvalue weighted by Crippen LogP contribution is 2.32. The molecule has 2 aromatic carbocycles. The van der Waals surface area contributed by atoms with Gasteiger partial charge in [0.2, 0.25) is 0 Å². The van der Waals surface area contributed by atoms with E-state index < -0.39 is 0 Å². The van der Waals surface area contributed by atoms with Gasteiger partial charge in [-0.1, -0.05) is 30.3 Å². The molecule has 2 amide bonds. The van der Waals surface area contributed by atoms with Gasteiger partial charge in [-0.15, -0.1) is 0 Å². The minimum absolute atomic E-state index is 0.0164. The molecule has 0 bridgehead atoms. The molecule has 6 nitrogen and oxygen atoms in total. The summed E-state index contributed by atoms with van der Waals surface area (Å²) in [4.78, 5) is 30.3. The van der Waals surface area contributed by atoms with Gasteiger partial charge >= 0.3 is 0 Å². The number of benzene rings is 2. The Balaban J connectivity index is 1.28. The van der Waals surface area contributed by atoms with Crippen LogP contribution in [0.1, 0.15) is 39.1 Å². The first-order valence-electron chi connectivity index (χ1n) is 12.1. The Morgan fingerprint density at radius 1 is 1.00 bits per heavy atom. The van der Waals surface area contributed by atoms with Crippen molar-refractivity contribution in [1.29, 1.82) is 0 Å². The minimum atomic E-state index is 0.0164. The Bertz CT molecular complexity index is 1160. The molecular formula is C28H30N2O4S. The van der Waals surface area contributed by atoms with Gasteiger partial charge in [0.1, 0.15) is 13.2 Å². The Labute approximate surface area is 210 Å². The van der Waals surface area contributed by atoms with Crippen LogP contribution in [-0.2, 0) is 6.42 Å². The van der Waals surface area contributed by atoms with Crippen LogP contribution >= 0.6 is 11.3 Å². The fourth-order valence-corrected chi connectivity index (χ4v) is 5.69. The van der Waals surface area contributed by atoms with E-state index in [1.54, 1.807) is 6.07 Å². The molecule has 3 heterocycles. The smallest absolute Gasteiger partial charge is 0.254 e. The zero-order valence-corrected chi connectivity index (χ0v) is 20.7. The van der Waals surface area contributed by atoms with Crippen molar-refractivity contribution in [3.05, 3.63) is 82.0 Å². The molecule has 35 heavy (non-hydrogen) atoms. The standard InChI is InChI=1S/C28H30N2O4S/c1-29(27(31)23-11-16-35-19-23)24(17-20-5-3-2-4-6-20)21-9-12-30(13-10-21)28(32)22-7-8-25-26(18-22)34-15-14-33-25/h2-8,11,16,18-19,21,24H,9-10,12-15,17H2,1H3. The third kappa shape index (κ3) is 5.20. The van der Waals surface area contributed by atoms with Crippen LogP contribution < -0.4 is 9.47 Å². The monoisotopic (exact) mass is 490 g/mol. The Hall–Kier alpha value is -3.32. The van der Waals surface area contributed by atoms with Crippen molar-refractivity contribution < 1.29 is 19.1 Å². The van der Waals surface area contributed by atoms with Crippen LogP contribution in [0.15, 0.2) is 65.4 Å². The van der Waals surface area contributed by atoms with Crippen molar-refractivity contribution in [2.24, 2.45) is 5.92 Å². The van der Waals surface area contributed by atoms with E-state index in [0.29, 0.717) is 49.3 Å². The molecule has 0 radical (unpaired) electrons. The number of carbonyl (C=O) groups is 2. The summed E-state index contributed by atoms with van der Waals surface area (Å²) < 4.78 is 11.2. The number of thiophene rings is 1. The summed E-state index contributed by atoms with van der Waals surface area (Å²) in [5.74, 6) is 1.71. The van der Waals surface area contributed by atoms with E-state index in [-0.39, 0.29) is 17.9 Å². The largest absolute Gasteiger partial charge is 0.486 e. The number of nitrogens with zero attached hydrogens (tertiary/aromatic N) is 2. The van der Waals surface area contributed by atoms with Crippen molar-refractivity contribution >= 4 is 23.2 Å². The summed E-state index contributed by atoms with van der Waals surface area (Å²) >= 11 is 1.54. The van der Waals surface area contributed by atoms with Gasteiger partial charge in [-0.25, -0.2) is 0 Å². The summed E-state index contributed by atoms with van der Waals surface area (Å²) in [5.41, 5.74) is 2.58. The van der Waals surface area contributed by atoms with Crippen molar-refractivity contribution in [1.82, 2.24) is 9.80 Å². The summed E-state index contributed by atoms with van der Waals surface area (Å²) in [6.07, 6.45) is 2.51. The lowest BCUT2D eigenvalue weighted by Gasteiger charge is -2.40. The van der Waals surface area contributed by atoms with E-state index in [2.05, 4.69) is 12.1 Å². The van der Waals surface area contributed by atoms with E-state index in [1.807, 2.05) is 64.0 Å². The second-order valence-corrected chi connectivity index (χ2v) is 9.95. The second kappa shape index (κ2) is 10.5. The van der Waals surface area contributed by atoms with Crippen LogP contribution in [-0.4, -0.2) is 61.0 Å². The lowest BCUT2D eigenvalue weighted by molar-refractivity contribution is 0.0522. The number of carbonyl (C=O) groups excluding carboxylic acids is 2. The number of fused-ring (bicyclic) bond motifs is 1. The molecule has 0 saturated carbocycles. The Kier molecular flexibility index (Phi) is 7.04. The van der Waals surface area contributed by atoms with Gasteiger partial charge in [0.05, 0.1) is 5.56 Å². The van der Waals surface area contributed by atoms with Crippen LogP contribution in [0.2, 0.25) is 0 Å². The summed E-state index contributed by atoms with van der Waals surface area (Å²) in [7, 11) is 1.92. The topological polar surface area (TPSA) is 59.1 Å². The quantitative estimate of drug-likeness (QED) is 0.500. The fourth-order valence-electron chi connectivity index (χ4n) is 5.06. The molecule has 0 N–H and O–H groups in total. The van der Waals surface area contributed by atoms with E-state index in [4.69, 9.17) is 9.47 Å². The molecule has 1 saturated heterocycles. The predicted molar refractivity (Wildman–Crippen MR) is 136 cm³/mol. The first-order chi connectivity index (χ1) is 17.1. The van der Waals surface area contributed by atoms with Crippen molar-refractivity contribution in [3.63, 3.8) is 0 Å². The first-order valence-corrected chi connectivity index (χ1v) is 13.1. The van der Waals surface area contributed by atoms with Crippen LogP contribution in [0, 0.1) is 5.92 Å². The van der Waals surface area contributed by atoms with Crippen molar-refractivity contribution in [2.45, 2.75) is 25.3 Å². The molecule has 0 aliphatic carbocycles. The van der Waals surface area contributed by atoms with Crippen molar-refractivity contribution in [2.75, 3.05) is 33.4 Å². The normalized spacial score (nSPS) is 16.5. The Morgan fingerprint density at radius 2 is 1.74 bits per heavy atom. The zero-order valence-electron chi connectivity index (χ0n) is 19.9. The van der Waals surface area contributed by atoms with Crippen LogP contribution in [0.3, 0.4) is 0 Å². The molecular weight excluding hydrogens is 460 g/mol. The maximum absolute atomic E-state index is 13.2. The van der Waals surface area contributed by atoms with E-state index in [1.165, 1.54) is 16.9 Å². The highest BCUT2D eigenvalue weighted by atomic mass is 32.1. The van der Waals surface area contributed by atoms with Crippen LogP contribution in [0.5, 0.6) is 11.5 Å². The summed E-state index contributed by atoms with van der Waals surface area (Å²) in [5, 5.41) is 3.85. The highest BCUT2D eigenvalue weighted by Gasteiger charge is 2.33. The maximum atomic E-state index is 13.2. The first kappa shape index (κ1) is 23.4. The minimum Gasteiger partial charge on any atom is -0.486 e. The number of amides is 2. The molecule has 7 heteroatoms. The predicted octanol–water partition coefficient (Wildman–Crippen LogP) is 4.76. The average Bonchev–Trinajstić information content (AvgIpc) is 3.46. The molecule has 0 spiro atoms. The van der Waals surface area contributed by atoms with Gasteiger partial charge in [-0.3, -0.25) is 9.59 Å². The summed E-state index contributed by atoms with van der Waals surface area (Å²) in [6, 6.07) is 17.7. The number of hydrogen-bond acceptors (Lipinski definition) is 5. The molecule has 1 aromatic heterocycles. The van der Waals surface area contributed by atoms with E-state index in [9.17, 15) is 9.59 Å². The number of ether oxygens (including phenoxy) is 2. The number of hydrogen-bond donors (Lipinski definition) is 0. The van der Waals surface area contributed by atoms with Gasteiger partial charge < -0.3 is 19.3 Å². The molecule has 3 aromatic rings. The molecule has 1 fully saturated rings. The van der Waals surface area contributed by atoms with Crippen molar-refractivity contribution in [3.8, 4) is 11.5 Å². The summed E-state index contributed by atoms with van der Waals surface area (Å²) in [6.45, 7) is 2.37. The molecule has 1 unspecified atom stereocenters. The van der Waals surface area contributed by atoms with Gasteiger partial charge in [-0.2, -0.15) is 11.3 Å². The lowest BCUT2D eigenvalue weighted by Crippen LogP contribution is -2.48. The SMILES string of the molecule is CN(C(=O)c1ccsc1)C(Cc1ccccc1)C1CCN(C(=O)c2ccc3c(c2)OCCO3)CC1. The zero-order chi connectivity index (χ0) is 24.2. The van der Waals surface area contributed by atoms with E-state index >= 15 is 0 Å². The molecule has 2 aliphatic rings. The third-order valence-electron chi connectivity index (χ3n) is 7.03. The number of rotatable bonds is 6. The second-order valence-electron chi connectivity index (χ2n) is 9.17. The van der Waals surface area contributed by atoms with Crippen LogP contribution in [0.25, 0.3) is 0 Å². The number of likely N-dealkylation sites (N-methyl/N-ethyl adjacent to an activating group) is 1. The number of piperidine rings is 1. The average molecular weight is 491 g/mol. The molecule has 182 valence electrons. The van der Waals surface area contributed by atoms with Crippen LogP contribution in [0.4, 0.5) is 0 Å².